The van der Waals surface area contributed by atoms with Crippen molar-refractivity contribution in [2.75, 3.05) is 6.26 Å². The van der Waals surface area contributed by atoms with Crippen LogP contribution in [0.1, 0.15) is 25.5 Å². The molecule has 0 aliphatic rings. The predicted octanol–water partition coefficient (Wildman–Crippen LogP) is 3.54. The van der Waals surface area contributed by atoms with Gasteiger partial charge in [0, 0.05) is 10.8 Å². The molecule has 2 N–H and O–H groups in total. The summed E-state index contributed by atoms with van der Waals surface area (Å²) in [5, 5.41) is 1.98. The smallest absolute Gasteiger partial charge is 0.0976 e. The first-order chi connectivity index (χ1) is 5.99. The fourth-order valence-corrected chi connectivity index (χ4v) is 2.41. The van der Waals surface area contributed by atoms with Crippen LogP contribution in [0.2, 0.25) is 4.34 Å². The fourth-order valence-electron chi connectivity index (χ4n) is 1.03. The number of thiophene rings is 1. The van der Waals surface area contributed by atoms with Gasteiger partial charge in [0.25, 0.3) is 0 Å². The van der Waals surface area contributed by atoms with Crippen LogP contribution in [-0.4, -0.2) is 11.0 Å². The van der Waals surface area contributed by atoms with Crippen molar-refractivity contribution < 1.29 is 0 Å². The molecule has 0 saturated heterocycles. The third-order valence-corrected chi connectivity index (χ3v) is 4.76. The Kier molecular flexibility index (Phi) is 3.69. The number of nitrogens with two attached hydrogens (primary N) is 1. The molecule has 0 bridgehead atoms. The molecular weight excluding hydrogens is 222 g/mol. The quantitative estimate of drug-likeness (QED) is 0.867. The lowest BCUT2D eigenvalue weighted by Gasteiger charge is -2.29. The second kappa shape index (κ2) is 4.22. The van der Waals surface area contributed by atoms with Crippen LogP contribution < -0.4 is 5.73 Å². The van der Waals surface area contributed by atoms with E-state index in [1.807, 2.05) is 11.4 Å². The molecular formula is C9H14ClNS2. The van der Waals surface area contributed by atoms with Crippen molar-refractivity contribution in [3.05, 3.63) is 21.3 Å². The van der Waals surface area contributed by atoms with Gasteiger partial charge in [-0.25, -0.2) is 0 Å². The largest absolute Gasteiger partial charge is 0.323 e. The molecule has 0 aliphatic carbocycles. The SMILES string of the molecule is CSC(C)(C)C(N)c1ccsc1Cl. The molecule has 13 heavy (non-hydrogen) atoms. The second-order valence-electron chi connectivity index (χ2n) is 3.43. The molecule has 1 heterocycles. The Labute approximate surface area is 92.7 Å². The highest BCUT2D eigenvalue weighted by Gasteiger charge is 2.28. The van der Waals surface area contributed by atoms with Crippen LogP contribution in [0, 0.1) is 0 Å². The zero-order valence-electron chi connectivity index (χ0n) is 8.00. The summed E-state index contributed by atoms with van der Waals surface area (Å²) >= 11 is 9.33. The molecule has 1 aromatic rings. The summed E-state index contributed by atoms with van der Waals surface area (Å²) in [6, 6.07) is 2.01. The Morgan fingerprint density at radius 2 is 2.23 bits per heavy atom. The maximum absolute atomic E-state index is 6.13. The standard InChI is InChI=1S/C9H14ClNS2/c1-9(2,12-3)7(11)6-4-5-13-8(6)10/h4-5,7H,11H2,1-3H3. The molecule has 0 fully saturated rings. The highest BCUT2D eigenvalue weighted by Crippen LogP contribution is 2.38. The summed E-state index contributed by atoms with van der Waals surface area (Å²) in [4.78, 5) is 0. The monoisotopic (exact) mass is 235 g/mol. The molecule has 0 saturated carbocycles. The van der Waals surface area contributed by atoms with E-state index < -0.39 is 0 Å². The Morgan fingerprint density at radius 1 is 1.62 bits per heavy atom. The molecule has 74 valence electrons. The normalized spacial score (nSPS) is 14.5. The van der Waals surface area contributed by atoms with Crippen LogP contribution in [0.3, 0.4) is 0 Å². The molecule has 1 aromatic heterocycles. The summed E-state index contributed by atoms with van der Waals surface area (Å²) in [5.41, 5.74) is 7.19. The minimum Gasteiger partial charge on any atom is -0.323 e. The number of thioether (sulfide) groups is 1. The average molecular weight is 236 g/mol. The zero-order chi connectivity index (χ0) is 10.1. The second-order valence-corrected chi connectivity index (χ2v) is 6.41. The Hall–Kier alpha value is 0.300. The lowest BCUT2D eigenvalue weighted by Crippen LogP contribution is -2.31. The van der Waals surface area contributed by atoms with E-state index in [9.17, 15) is 0 Å². The molecule has 1 unspecified atom stereocenters. The lowest BCUT2D eigenvalue weighted by atomic mass is 9.99. The van der Waals surface area contributed by atoms with Crippen LogP contribution in [0.25, 0.3) is 0 Å². The highest BCUT2D eigenvalue weighted by molar-refractivity contribution is 8.00. The number of rotatable bonds is 3. The van der Waals surface area contributed by atoms with Crippen LogP contribution >= 0.6 is 34.7 Å². The predicted molar refractivity (Wildman–Crippen MR) is 63.9 cm³/mol. The molecule has 1 nitrogen and oxygen atoms in total. The lowest BCUT2D eigenvalue weighted by molar-refractivity contribution is 0.566. The maximum Gasteiger partial charge on any atom is 0.0976 e. The average Bonchev–Trinajstić information content (AvgIpc) is 2.50. The van der Waals surface area contributed by atoms with E-state index in [2.05, 4.69) is 20.1 Å². The Balaban J connectivity index is 2.91. The van der Waals surface area contributed by atoms with Crippen molar-refractivity contribution >= 4 is 34.7 Å². The van der Waals surface area contributed by atoms with Gasteiger partial charge in [0.2, 0.25) is 0 Å². The minimum absolute atomic E-state index is 0.00116. The first-order valence-electron chi connectivity index (χ1n) is 4.02. The van der Waals surface area contributed by atoms with Gasteiger partial charge < -0.3 is 5.73 Å². The van der Waals surface area contributed by atoms with Crippen LogP contribution in [0.15, 0.2) is 11.4 Å². The van der Waals surface area contributed by atoms with Gasteiger partial charge in [0.05, 0.1) is 4.34 Å². The molecule has 0 aromatic carbocycles. The Bertz CT molecular complexity index is 283. The van der Waals surface area contributed by atoms with Gasteiger partial charge in [-0.05, 0) is 37.1 Å². The molecule has 4 heteroatoms. The first kappa shape index (κ1) is 11.4. The van der Waals surface area contributed by atoms with Crippen LogP contribution in [0.4, 0.5) is 0 Å². The van der Waals surface area contributed by atoms with Gasteiger partial charge in [-0.1, -0.05) is 11.6 Å². The van der Waals surface area contributed by atoms with Crippen LogP contribution in [-0.2, 0) is 0 Å². The van der Waals surface area contributed by atoms with E-state index in [-0.39, 0.29) is 10.8 Å². The van der Waals surface area contributed by atoms with Crippen molar-refractivity contribution in [2.24, 2.45) is 5.73 Å². The molecule has 0 aliphatic heterocycles. The van der Waals surface area contributed by atoms with E-state index >= 15 is 0 Å². The van der Waals surface area contributed by atoms with E-state index in [0.29, 0.717) is 0 Å². The van der Waals surface area contributed by atoms with Gasteiger partial charge in [0.15, 0.2) is 0 Å². The molecule has 0 radical (unpaired) electrons. The summed E-state index contributed by atoms with van der Waals surface area (Å²) in [6.45, 7) is 4.27. The number of hydrogen-bond acceptors (Lipinski definition) is 3. The van der Waals surface area contributed by atoms with Crippen molar-refractivity contribution in [1.29, 1.82) is 0 Å². The first-order valence-corrected chi connectivity index (χ1v) is 6.51. The topological polar surface area (TPSA) is 26.0 Å². The highest BCUT2D eigenvalue weighted by atomic mass is 35.5. The minimum atomic E-state index is 0.00116. The van der Waals surface area contributed by atoms with E-state index in [4.69, 9.17) is 17.3 Å². The van der Waals surface area contributed by atoms with E-state index in [0.717, 1.165) is 9.90 Å². The summed E-state index contributed by atoms with van der Waals surface area (Å²) in [5.74, 6) is 0. The van der Waals surface area contributed by atoms with Gasteiger partial charge >= 0.3 is 0 Å². The Morgan fingerprint density at radius 3 is 2.62 bits per heavy atom. The van der Waals surface area contributed by atoms with Gasteiger partial charge in [-0.2, -0.15) is 11.8 Å². The third-order valence-electron chi connectivity index (χ3n) is 2.26. The van der Waals surface area contributed by atoms with Crippen molar-refractivity contribution in [3.8, 4) is 0 Å². The van der Waals surface area contributed by atoms with Crippen molar-refractivity contribution in [1.82, 2.24) is 0 Å². The van der Waals surface area contributed by atoms with Gasteiger partial charge in [-0.15, -0.1) is 11.3 Å². The molecule has 0 amide bonds. The van der Waals surface area contributed by atoms with Crippen LogP contribution in [0.5, 0.6) is 0 Å². The summed E-state index contributed by atoms with van der Waals surface area (Å²) < 4.78 is 0.847. The number of halogens is 1. The number of hydrogen-bond donors (Lipinski definition) is 1. The maximum atomic E-state index is 6.13. The van der Waals surface area contributed by atoms with Gasteiger partial charge in [0.1, 0.15) is 0 Å². The summed E-state index contributed by atoms with van der Waals surface area (Å²) in [6.07, 6.45) is 2.07. The summed E-state index contributed by atoms with van der Waals surface area (Å²) in [7, 11) is 0. The van der Waals surface area contributed by atoms with Crippen molar-refractivity contribution in [3.63, 3.8) is 0 Å². The third kappa shape index (κ3) is 2.40. The zero-order valence-corrected chi connectivity index (χ0v) is 10.4. The van der Waals surface area contributed by atoms with E-state index in [1.54, 1.807) is 11.8 Å². The van der Waals surface area contributed by atoms with Crippen molar-refractivity contribution in [2.45, 2.75) is 24.6 Å². The molecule has 0 spiro atoms. The molecule has 1 atom stereocenters. The van der Waals surface area contributed by atoms with Gasteiger partial charge in [-0.3, -0.25) is 0 Å². The molecule has 1 rings (SSSR count). The fraction of sp³-hybridized carbons (Fsp3) is 0.556. The van der Waals surface area contributed by atoms with E-state index in [1.165, 1.54) is 11.3 Å².